The fourth-order valence-corrected chi connectivity index (χ4v) is 2.96. The Morgan fingerprint density at radius 2 is 2.20 bits per heavy atom. The van der Waals surface area contributed by atoms with Crippen LogP contribution in [0.15, 0.2) is 12.2 Å². The van der Waals surface area contributed by atoms with Gasteiger partial charge in [0.2, 0.25) is 0 Å². The molecule has 56 valence electrons. The molecule has 0 N–H and O–H groups in total. The first kappa shape index (κ1) is 6.90. The van der Waals surface area contributed by atoms with Crippen molar-refractivity contribution in [1.29, 1.82) is 0 Å². The van der Waals surface area contributed by atoms with Gasteiger partial charge in [0.25, 0.3) is 0 Å². The van der Waals surface area contributed by atoms with E-state index in [1.54, 1.807) is 0 Å². The second-order valence-corrected chi connectivity index (χ2v) is 5.07. The molecule has 2 bridgehead atoms. The molecule has 0 aromatic carbocycles. The van der Waals surface area contributed by atoms with Crippen molar-refractivity contribution < 1.29 is 0 Å². The average molecular weight is 201 g/mol. The standard InChI is InChI=1S/C9H13Br/c1-6(10)9-5-7-2-3-8(9)4-7/h2-3,6-9H,4-5H2,1H3. The van der Waals surface area contributed by atoms with Crippen LogP contribution in [0.5, 0.6) is 0 Å². The molecule has 1 heteroatoms. The lowest BCUT2D eigenvalue weighted by Crippen LogP contribution is -2.15. The van der Waals surface area contributed by atoms with E-state index in [1.807, 2.05) is 0 Å². The summed E-state index contributed by atoms with van der Waals surface area (Å²) in [6, 6.07) is 0. The van der Waals surface area contributed by atoms with Gasteiger partial charge in [0.15, 0.2) is 0 Å². The van der Waals surface area contributed by atoms with Crippen LogP contribution in [0.4, 0.5) is 0 Å². The van der Waals surface area contributed by atoms with Crippen LogP contribution in [0.25, 0.3) is 0 Å². The molecular weight excluding hydrogens is 188 g/mol. The van der Waals surface area contributed by atoms with Crippen molar-refractivity contribution in [2.75, 3.05) is 0 Å². The van der Waals surface area contributed by atoms with Crippen LogP contribution in [0.2, 0.25) is 0 Å². The lowest BCUT2D eigenvalue weighted by molar-refractivity contribution is 0.450. The van der Waals surface area contributed by atoms with Gasteiger partial charge < -0.3 is 0 Å². The molecule has 1 saturated carbocycles. The van der Waals surface area contributed by atoms with Crippen LogP contribution in [-0.2, 0) is 0 Å². The minimum absolute atomic E-state index is 0.715. The summed E-state index contributed by atoms with van der Waals surface area (Å²) in [6.07, 6.45) is 7.67. The van der Waals surface area contributed by atoms with E-state index in [0.717, 1.165) is 17.8 Å². The number of allylic oxidation sites excluding steroid dienone is 2. The highest BCUT2D eigenvalue weighted by Crippen LogP contribution is 2.46. The van der Waals surface area contributed by atoms with Gasteiger partial charge in [0.1, 0.15) is 0 Å². The van der Waals surface area contributed by atoms with Crippen LogP contribution in [0, 0.1) is 17.8 Å². The summed E-state index contributed by atoms with van der Waals surface area (Å²) in [7, 11) is 0. The number of hydrogen-bond donors (Lipinski definition) is 0. The van der Waals surface area contributed by atoms with Crippen molar-refractivity contribution in [1.82, 2.24) is 0 Å². The van der Waals surface area contributed by atoms with Gasteiger partial charge in [-0.3, -0.25) is 0 Å². The molecule has 4 atom stereocenters. The third-order valence-corrected chi connectivity index (χ3v) is 3.60. The summed E-state index contributed by atoms with van der Waals surface area (Å²) in [5.41, 5.74) is 0. The third kappa shape index (κ3) is 0.952. The maximum absolute atomic E-state index is 3.67. The average Bonchev–Trinajstić information content (AvgIpc) is 2.44. The molecular formula is C9H13Br. The Labute approximate surface area is 70.8 Å². The fraction of sp³-hybridized carbons (Fsp3) is 0.778. The molecule has 0 nitrogen and oxygen atoms in total. The van der Waals surface area contributed by atoms with Gasteiger partial charge in [-0.15, -0.1) is 0 Å². The van der Waals surface area contributed by atoms with E-state index in [-0.39, 0.29) is 0 Å². The molecule has 0 aromatic heterocycles. The van der Waals surface area contributed by atoms with E-state index in [9.17, 15) is 0 Å². The number of rotatable bonds is 1. The first-order valence-corrected chi connectivity index (χ1v) is 5.01. The normalized spacial score (nSPS) is 46.4. The summed E-state index contributed by atoms with van der Waals surface area (Å²) >= 11 is 3.67. The molecule has 0 spiro atoms. The van der Waals surface area contributed by atoms with Crippen molar-refractivity contribution in [3.05, 3.63) is 12.2 Å². The summed E-state index contributed by atoms with van der Waals surface area (Å²) in [4.78, 5) is 0.715. The summed E-state index contributed by atoms with van der Waals surface area (Å²) < 4.78 is 0. The van der Waals surface area contributed by atoms with E-state index >= 15 is 0 Å². The highest BCUT2D eigenvalue weighted by atomic mass is 79.9. The maximum Gasteiger partial charge on any atom is 0.0151 e. The molecule has 0 radical (unpaired) electrons. The van der Waals surface area contributed by atoms with Gasteiger partial charge in [0, 0.05) is 4.83 Å². The van der Waals surface area contributed by atoms with Gasteiger partial charge in [-0.1, -0.05) is 35.0 Å². The van der Waals surface area contributed by atoms with E-state index in [1.165, 1.54) is 12.8 Å². The van der Waals surface area contributed by atoms with Crippen molar-refractivity contribution in [3.8, 4) is 0 Å². The van der Waals surface area contributed by atoms with Gasteiger partial charge in [-0.05, 0) is 30.6 Å². The number of fused-ring (bicyclic) bond motifs is 2. The Balaban J connectivity index is 2.09. The van der Waals surface area contributed by atoms with E-state index in [4.69, 9.17) is 0 Å². The largest absolute Gasteiger partial charge is 0.0890 e. The van der Waals surface area contributed by atoms with E-state index in [2.05, 4.69) is 35.0 Å². The summed E-state index contributed by atoms with van der Waals surface area (Å²) in [5.74, 6) is 2.75. The predicted molar refractivity (Wildman–Crippen MR) is 47.2 cm³/mol. The van der Waals surface area contributed by atoms with Crippen molar-refractivity contribution >= 4 is 15.9 Å². The Kier molecular flexibility index (Phi) is 1.63. The van der Waals surface area contributed by atoms with Crippen LogP contribution < -0.4 is 0 Å². The molecule has 2 aliphatic rings. The minimum atomic E-state index is 0.715. The molecule has 0 aliphatic heterocycles. The van der Waals surface area contributed by atoms with Gasteiger partial charge in [-0.25, -0.2) is 0 Å². The third-order valence-electron chi connectivity index (χ3n) is 2.92. The molecule has 2 rings (SSSR count). The topological polar surface area (TPSA) is 0 Å². The molecule has 10 heavy (non-hydrogen) atoms. The summed E-state index contributed by atoms with van der Waals surface area (Å²) in [6.45, 7) is 2.28. The van der Waals surface area contributed by atoms with Crippen LogP contribution >= 0.6 is 15.9 Å². The Morgan fingerprint density at radius 1 is 1.40 bits per heavy atom. The maximum atomic E-state index is 3.67. The van der Waals surface area contributed by atoms with Crippen molar-refractivity contribution in [3.63, 3.8) is 0 Å². The number of alkyl halides is 1. The highest BCUT2D eigenvalue weighted by molar-refractivity contribution is 9.09. The second kappa shape index (κ2) is 2.37. The summed E-state index contributed by atoms with van der Waals surface area (Å²) in [5, 5.41) is 0. The first-order chi connectivity index (χ1) is 4.77. The van der Waals surface area contributed by atoms with Crippen LogP contribution in [0.3, 0.4) is 0 Å². The number of halogens is 1. The Morgan fingerprint density at radius 3 is 2.50 bits per heavy atom. The molecule has 0 aromatic rings. The molecule has 0 amide bonds. The fourth-order valence-electron chi connectivity index (χ4n) is 2.35. The quantitative estimate of drug-likeness (QED) is 0.452. The second-order valence-electron chi connectivity index (χ2n) is 3.62. The van der Waals surface area contributed by atoms with E-state index < -0.39 is 0 Å². The molecule has 2 aliphatic carbocycles. The van der Waals surface area contributed by atoms with E-state index in [0.29, 0.717) is 4.83 Å². The Bertz CT molecular complexity index is 160. The van der Waals surface area contributed by atoms with Gasteiger partial charge >= 0.3 is 0 Å². The van der Waals surface area contributed by atoms with Crippen molar-refractivity contribution in [2.24, 2.45) is 17.8 Å². The number of hydrogen-bond acceptors (Lipinski definition) is 0. The van der Waals surface area contributed by atoms with Crippen LogP contribution in [0.1, 0.15) is 19.8 Å². The lowest BCUT2D eigenvalue weighted by atomic mass is 9.91. The smallest absolute Gasteiger partial charge is 0.0151 e. The van der Waals surface area contributed by atoms with Crippen LogP contribution in [-0.4, -0.2) is 4.83 Å². The minimum Gasteiger partial charge on any atom is -0.0890 e. The van der Waals surface area contributed by atoms with Gasteiger partial charge in [-0.2, -0.15) is 0 Å². The zero-order valence-corrected chi connectivity index (χ0v) is 7.84. The molecule has 0 saturated heterocycles. The Hall–Kier alpha value is 0.220. The van der Waals surface area contributed by atoms with Crippen molar-refractivity contribution in [2.45, 2.75) is 24.6 Å². The predicted octanol–water partition coefficient (Wildman–Crippen LogP) is 2.98. The SMILES string of the molecule is CC(Br)C1CC2C=CC1C2. The molecule has 0 heterocycles. The molecule has 4 unspecified atom stereocenters. The lowest BCUT2D eigenvalue weighted by Gasteiger charge is -2.20. The monoisotopic (exact) mass is 200 g/mol. The first-order valence-electron chi connectivity index (χ1n) is 4.10. The zero-order chi connectivity index (χ0) is 7.14. The van der Waals surface area contributed by atoms with Gasteiger partial charge in [0.05, 0.1) is 0 Å². The zero-order valence-electron chi connectivity index (χ0n) is 6.26. The molecule has 1 fully saturated rings. The highest BCUT2D eigenvalue weighted by Gasteiger charge is 2.37.